The molecule has 13 N–H and O–H groups in total. The van der Waals surface area contributed by atoms with E-state index in [2.05, 4.69) is 0 Å². The smallest absolute Gasteiger partial charge is 0.239 e. The minimum absolute atomic E-state index is 0.156. The molecule has 292 valence electrons. The number of benzene rings is 2. The van der Waals surface area contributed by atoms with E-state index in [1.807, 2.05) is 0 Å². The van der Waals surface area contributed by atoms with Gasteiger partial charge in [-0.25, -0.2) is 0 Å². The van der Waals surface area contributed by atoms with Gasteiger partial charge in [-0.1, -0.05) is 0 Å². The number of aromatic hydroxyl groups is 3. The highest BCUT2D eigenvalue weighted by Gasteiger charge is 2.50. The van der Waals surface area contributed by atoms with Crippen LogP contribution in [0.1, 0.15) is 0 Å². The van der Waals surface area contributed by atoms with E-state index in [-0.39, 0.29) is 16.9 Å². The number of hydrogen-bond donors (Lipinski definition) is 13. The molecule has 4 heterocycles. The number of phenolic OH excluding ortho intramolecular Hbond substituents is 3. The molecule has 21 nitrogen and oxygen atoms in total. The quantitative estimate of drug-likeness (QED) is 0.0976. The third kappa shape index (κ3) is 7.33. The van der Waals surface area contributed by atoms with Crippen molar-refractivity contribution in [1.82, 2.24) is 0 Å². The minimum atomic E-state index is -1.98. The first-order valence-electron chi connectivity index (χ1n) is 16.1. The number of fused-ring (bicyclic) bond motifs is 1. The van der Waals surface area contributed by atoms with Crippen LogP contribution in [0.4, 0.5) is 0 Å². The van der Waals surface area contributed by atoms with Gasteiger partial charge in [0.1, 0.15) is 83.5 Å². The Hall–Kier alpha value is -3.91. The van der Waals surface area contributed by atoms with Gasteiger partial charge in [0.05, 0.1) is 19.8 Å². The number of hydrogen-bond acceptors (Lipinski definition) is 21. The normalized spacial score (nSPS) is 36.3. The molecule has 0 bridgehead atoms. The van der Waals surface area contributed by atoms with Crippen molar-refractivity contribution in [2.24, 2.45) is 0 Å². The maximum Gasteiger partial charge on any atom is 0.239 e. The molecule has 14 atom stereocenters. The van der Waals surface area contributed by atoms with Gasteiger partial charge in [-0.2, -0.15) is 0 Å². The van der Waals surface area contributed by atoms with Crippen LogP contribution in [0.2, 0.25) is 0 Å². The van der Waals surface area contributed by atoms with Gasteiger partial charge in [-0.05, 0) is 18.2 Å². The standard InChI is InChI=1S/C32H38O21/c33-6-16-20(40)23(43)26(46)31(50-16)49-14-2-1-9(3-11(14)36)27-28(22(42)18-12(37)4-10(35)5-15(18)48-27)52-32-29(24(44)21(41)17(7-34)51-32)53-30-25(45)19(39)13(38)8-47-30/h1-5,13,16-17,19-21,23-26,29-41,43-46H,6-8H2. The van der Waals surface area contributed by atoms with Crippen LogP contribution < -0.4 is 14.9 Å². The van der Waals surface area contributed by atoms with E-state index in [0.29, 0.717) is 0 Å². The van der Waals surface area contributed by atoms with E-state index in [4.69, 9.17) is 32.8 Å². The van der Waals surface area contributed by atoms with E-state index in [1.165, 1.54) is 6.07 Å². The van der Waals surface area contributed by atoms with E-state index in [0.717, 1.165) is 24.3 Å². The lowest BCUT2D eigenvalue weighted by Crippen LogP contribution is -2.64. The van der Waals surface area contributed by atoms with Gasteiger partial charge in [0, 0.05) is 17.7 Å². The van der Waals surface area contributed by atoms with Crippen LogP contribution in [0.5, 0.6) is 28.7 Å². The van der Waals surface area contributed by atoms with E-state index in [1.54, 1.807) is 0 Å². The largest absolute Gasteiger partial charge is 0.508 e. The summed E-state index contributed by atoms with van der Waals surface area (Å²) in [4.78, 5) is 14.0. The van der Waals surface area contributed by atoms with Crippen LogP contribution in [0.25, 0.3) is 22.3 Å². The van der Waals surface area contributed by atoms with Crippen molar-refractivity contribution in [1.29, 1.82) is 0 Å². The second kappa shape index (κ2) is 15.4. The summed E-state index contributed by atoms with van der Waals surface area (Å²) in [5.41, 5.74) is -1.66. The fourth-order valence-corrected chi connectivity index (χ4v) is 6.08. The van der Waals surface area contributed by atoms with Gasteiger partial charge in [-0.3, -0.25) is 4.79 Å². The number of aliphatic hydroxyl groups excluding tert-OH is 10. The Kier molecular flexibility index (Phi) is 11.3. The van der Waals surface area contributed by atoms with Gasteiger partial charge in [-0.15, -0.1) is 0 Å². The zero-order chi connectivity index (χ0) is 38.5. The SMILES string of the molecule is O=c1c(OC2OC(CO)C(O)C(O)C2OC2OCC(O)C(O)C2O)c(-c2ccc(OC3OC(CO)C(O)C(O)C3O)c(O)c2)oc2cc(O)cc(O)c12. The van der Waals surface area contributed by atoms with Gasteiger partial charge in [0.2, 0.25) is 23.8 Å². The summed E-state index contributed by atoms with van der Waals surface area (Å²) >= 11 is 0. The van der Waals surface area contributed by atoms with Crippen molar-refractivity contribution in [3.8, 4) is 40.1 Å². The summed E-state index contributed by atoms with van der Waals surface area (Å²) in [6.07, 6.45) is -24.4. The van der Waals surface area contributed by atoms with Crippen molar-refractivity contribution in [2.45, 2.75) is 86.0 Å². The zero-order valence-electron chi connectivity index (χ0n) is 27.2. The van der Waals surface area contributed by atoms with Crippen LogP contribution in [0, 0.1) is 0 Å². The summed E-state index contributed by atoms with van der Waals surface area (Å²) in [6.45, 7) is -2.17. The minimum Gasteiger partial charge on any atom is -0.508 e. The highest BCUT2D eigenvalue weighted by Crippen LogP contribution is 2.41. The Morgan fingerprint density at radius 2 is 1.32 bits per heavy atom. The van der Waals surface area contributed by atoms with Crippen LogP contribution in [0.15, 0.2) is 39.5 Å². The first-order valence-corrected chi connectivity index (χ1v) is 16.1. The molecular weight excluding hydrogens is 720 g/mol. The van der Waals surface area contributed by atoms with Crippen LogP contribution in [-0.4, -0.2) is 172 Å². The second-order valence-electron chi connectivity index (χ2n) is 12.6. The maximum absolute atomic E-state index is 14.0. The first-order chi connectivity index (χ1) is 25.1. The van der Waals surface area contributed by atoms with Crippen LogP contribution in [0.3, 0.4) is 0 Å². The number of ether oxygens (including phenoxy) is 6. The van der Waals surface area contributed by atoms with Gasteiger partial charge in [0.25, 0.3) is 0 Å². The summed E-state index contributed by atoms with van der Waals surface area (Å²) < 4.78 is 39.1. The lowest BCUT2D eigenvalue weighted by molar-refractivity contribution is -0.345. The van der Waals surface area contributed by atoms with E-state index in [9.17, 15) is 71.2 Å². The molecule has 21 heteroatoms. The monoisotopic (exact) mass is 758 g/mol. The maximum atomic E-state index is 14.0. The fraction of sp³-hybridized carbons (Fsp3) is 0.531. The van der Waals surface area contributed by atoms with Crippen molar-refractivity contribution >= 4 is 11.0 Å². The predicted octanol–water partition coefficient (Wildman–Crippen LogP) is -4.60. The predicted molar refractivity (Wildman–Crippen MR) is 168 cm³/mol. The van der Waals surface area contributed by atoms with Crippen molar-refractivity contribution < 1.29 is 99.2 Å². The molecule has 3 aromatic rings. The Labute approximate surface area is 296 Å². The molecular formula is C32H38O21. The molecule has 3 saturated heterocycles. The fourth-order valence-electron chi connectivity index (χ4n) is 6.08. The Morgan fingerprint density at radius 3 is 1.98 bits per heavy atom. The molecule has 14 unspecified atom stereocenters. The highest BCUT2D eigenvalue weighted by atomic mass is 16.8. The van der Waals surface area contributed by atoms with Crippen molar-refractivity contribution in [3.63, 3.8) is 0 Å². The molecule has 2 aromatic carbocycles. The molecule has 3 aliphatic rings. The molecule has 0 radical (unpaired) electrons. The van der Waals surface area contributed by atoms with Crippen LogP contribution >= 0.6 is 0 Å². The van der Waals surface area contributed by atoms with Gasteiger partial charge >= 0.3 is 0 Å². The van der Waals surface area contributed by atoms with Gasteiger partial charge < -0.3 is 99.2 Å². The third-order valence-corrected chi connectivity index (χ3v) is 9.03. The number of rotatable bonds is 9. The van der Waals surface area contributed by atoms with E-state index < -0.39 is 145 Å². The molecule has 0 saturated carbocycles. The number of phenols is 3. The lowest BCUT2D eigenvalue weighted by Gasteiger charge is -2.44. The summed E-state index contributed by atoms with van der Waals surface area (Å²) in [6, 6.07) is 5.08. The average molecular weight is 759 g/mol. The third-order valence-electron chi connectivity index (χ3n) is 9.03. The topological polar surface area (TPSA) is 349 Å². The summed E-state index contributed by atoms with van der Waals surface area (Å²) in [7, 11) is 0. The Bertz CT molecular complexity index is 1820. The average Bonchev–Trinajstić information content (AvgIpc) is 3.12. The lowest BCUT2D eigenvalue weighted by atomic mass is 9.98. The highest BCUT2D eigenvalue weighted by molar-refractivity contribution is 5.88. The van der Waals surface area contributed by atoms with Crippen molar-refractivity contribution in [2.75, 3.05) is 19.8 Å². The van der Waals surface area contributed by atoms with Crippen molar-refractivity contribution in [3.05, 3.63) is 40.6 Å². The van der Waals surface area contributed by atoms with Crippen LogP contribution in [-0.2, 0) is 18.9 Å². The molecule has 0 spiro atoms. The molecule has 0 amide bonds. The van der Waals surface area contributed by atoms with E-state index >= 15 is 0 Å². The first kappa shape index (κ1) is 38.8. The summed E-state index contributed by atoms with van der Waals surface area (Å²) in [5.74, 6) is -3.65. The van der Waals surface area contributed by atoms with Gasteiger partial charge in [0.15, 0.2) is 29.7 Å². The number of aliphatic hydroxyl groups is 10. The molecule has 0 aliphatic carbocycles. The molecule has 3 aliphatic heterocycles. The summed E-state index contributed by atoms with van der Waals surface area (Å²) in [5, 5.41) is 133. The zero-order valence-corrected chi connectivity index (χ0v) is 27.2. The molecule has 3 fully saturated rings. The molecule has 1 aromatic heterocycles. The second-order valence-corrected chi connectivity index (χ2v) is 12.6. The molecule has 6 rings (SSSR count). The molecule has 53 heavy (non-hydrogen) atoms. The Morgan fingerprint density at radius 1 is 0.679 bits per heavy atom. The Balaban J connectivity index is 1.39.